The maximum atomic E-state index is 12.0. The Morgan fingerprint density at radius 1 is 1.16 bits per heavy atom. The lowest BCUT2D eigenvalue weighted by atomic mass is 10.2. The zero-order chi connectivity index (χ0) is 17.2. The number of aromatic nitrogens is 3. The van der Waals surface area contributed by atoms with Gasteiger partial charge < -0.3 is 5.32 Å². The molecule has 0 bridgehead atoms. The van der Waals surface area contributed by atoms with Crippen molar-refractivity contribution in [1.29, 1.82) is 0 Å². The van der Waals surface area contributed by atoms with E-state index in [2.05, 4.69) is 45.6 Å². The van der Waals surface area contributed by atoms with Gasteiger partial charge in [-0.2, -0.15) is 5.10 Å². The zero-order valence-corrected chi connectivity index (χ0v) is 14.4. The van der Waals surface area contributed by atoms with Gasteiger partial charge in [0.05, 0.1) is 16.6 Å². The van der Waals surface area contributed by atoms with Gasteiger partial charge in [-0.1, -0.05) is 6.07 Å². The van der Waals surface area contributed by atoms with Gasteiger partial charge in [-0.25, -0.2) is 4.98 Å². The summed E-state index contributed by atoms with van der Waals surface area (Å²) >= 11 is 1.68. The van der Waals surface area contributed by atoms with Gasteiger partial charge in [0.1, 0.15) is 5.01 Å². The Kier molecular flexibility index (Phi) is 4.03. The molecule has 0 aliphatic rings. The highest BCUT2D eigenvalue weighted by Crippen LogP contribution is 2.31. The zero-order valence-electron chi connectivity index (χ0n) is 13.6. The number of benzene rings is 2. The Morgan fingerprint density at radius 3 is 2.76 bits per heavy atom. The van der Waals surface area contributed by atoms with Crippen LogP contribution in [0.3, 0.4) is 0 Å². The number of hydrogen-bond donors (Lipinski definition) is 2. The second-order valence-electron chi connectivity index (χ2n) is 5.87. The smallest absolute Gasteiger partial charge is 0.230 e. The molecule has 0 atom stereocenters. The molecule has 2 aromatic heterocycles. The van der Waals surface area contributed by atoms with E-state index in [-0.39, 0.29) is 12.3 Å². The van der Waals surface area contributed by atoms with Gasteiger partial charge >= 0.3 is 0 Å². The first-order valence-electron chi connectivity index (χ1n) is 7.93. The quantitative estimate of drug-likeness (QED) is 0.581. The number of aryl methyl sites for hydroxylation is 1. The number of carbonyl (C=O) groups excluding carboxylic acids is 1. The van der Waals surface area contributed by atoms with Crippen LogP contribution in [0.25, 0.3) is 20.8 Å². The standard InChI is InChI=1S/C19H16N4OS/c1-12-2-7-16-17(10-12)25-19(22-16)13-3-5-14(6-4-13)21-18(24)11-15-8-9-20-23-15/h2-10H,11H2,1H3,(H,20,23)(H,21,24). The molecular formula is C19H16N4OS. The number of hydrogen-bond acceptors (Lipinski definition) is 4. The molecule has 124 valence electrons. The SMILES string of the molecule is Cc1ccc2nc(-c3ccc(NC(=O)Cc4ccn[nH]4)cc3)sc2c1. The van der Waals surface area contributed by atoms with Crippen LogP contribution in [-0.2, 0) is 11.2 Å². The van der Waals surface area contributed by atoms with E-state index in [9.17, 15) is 4.79 Å². The van der Waals surface area contributed by atoms with Crippen molar-refractivity contribution in [3.05, 3.63) is 66.0 Å². The molecule has 4 rings (SSSR count). The van der Waals surface area contributed by atoms with Crippen LogP contribution in [0.15, 0.2) is 54.7 Å². The summed E-state index contributed by atoms with van der Waals surface area (Å²) in [5.74, 6) is -0.0764. The third-order valence-electron chi connectivity index (χ3n) is 3.87. The monoisotopic (exact) mass is 348 g/mol. The number of carbonyl (C=O) groups is 1. The Labute approximate surface area is 148 Å². The Morgan fingerprint density at radius 2 is 2.00 bits per heavy atom. The van der Waals surface area contributed by atoms with Crippen molar-refractivity contribution in [2.24, 2.45) is 0 Å². The number of thiazole rings is 1. The molecule has 0 saturated carbocycles. The number of fused-ring (bicyclic) bond motifs is 1. The summed E-state index contributed by atoms with van der Waals surface area (Å²) in [7, 11) is 0. The highest BCUT2D eigenvalue weighted by Gasteiger charge is 2.08. The van der Waals surface area contributed by atoms with Gasteiger partial charge in [-0.15, -0.1) is 11.3 Å². The first-order chi connectivity index (χ1) is 12.2. The van der Waals surface area contributed by atoms with Crippen LogP contribution >= 0.6 is 11.3 Å². The molecule has 0 aliphatic carbocycles. The van der Waals surface area contributed by atoms with E-state index in [1.165, 1.54) is 10.3 Å². The number of nitrogens with zero attached hydrogens (tertiary/aromatic N) is 2. The Bertz CT molecular complexity index is 1020. The van der Waals surface area contributed by atoms with Crippen molar-refractivity contribution in [2.75, 3.05) is 5.32 Å². The highest BCUT2D eigenvalue weighted by molar-refractivity contribution is 7.21. The summed E-state index contributed by atoms with van der Waals surface area (Å²) < 4.78 is 1.19. The number of amides is 1. The molecule has 1 amide bonds. The largest absolute Gasteiger partial charge is 0.326 e. The third-order valence-corrected chi connectivity index (χ3v) is 4.94. The predicted octanol–water partition coefficient (Wildman–Crippen LogP) is 4.18. The highest BCUT2D eigenvalue weighted by atomic mass is 32.1. The van der Waals surface area contributed by atoms with Crippen LogP contribution in [0.2, 0.25) is 0 Å². The van der Waals surface area contributed by atoms with E-state index in [0.717, 1.165) is 27.5 Å². The second-order valence-corrected chi connectivity index (χ2v) is 6.91. The Hall–Kier alpha value is -2.99. The van der Waals surface area contributed by atoms with Crippen molar-refractivity contribution in [1.82, 2.24) is 15.2 Å². The summed E-state index contributed by atoms with van der Waals surface area (Å²) in [4.78, 5) is 16.7. The second kappa shape index (κ2) is 6.49. The molecule has 2 heterocycles. The lowest BCUT2D eigenvalue weighted by molar-refractivity contribution is -0.115. The molecule has 0 radical (unpaired) electrons. The summed E-state index contributed by atoms with van der Waals surface area (Å²) in [6, 6.07) is 15.8. The summed E-state index contributed by atoms with van der Waals surface area (Å²) in [6.45, 7) is 2.08. The van der Waals surface area contributed by atoms with Gasteiger partial charge in [-0.05, 0) is 55.0 Å². The minimum atomic E-state index is -0.0764. The molecule has 0 saturated heterocycles. The third kappa shape index (κ3) is 3.44. The van der Waals surface area contributed by atoms with E-state index in [1.807, 2.05) is 24.3 Å². The fourth-order valence-electron chi connectivity index (χ4n) is 2.61. The van der Waals surface area contributed by atoms with Crippen molar-refractivity contribution < 1.29 is 4.79 Å². The maximum Gasteiger partial charge on any atom is 0.230 e. The van der Waals surface area contributed by atoms with E-state index in [1.54, 1.807) is 23.6 Å². The molecule has 0 aliphatic heterocycles. The molecule has 6 heteroatoms. The van der Waals surface area contributed by atoms with Crippen molar-refractivity contribution in [3.8, 4) is 10.6 Å². The summed E-state index contributed by atoms with van der Waals surface area (Å²) in [5, 5.41) is 10.5. The fourth-order valence-corrected chi connectivity index (χ4v) is 3.68. The van der Waals surface area contributed by atoms with Crippen molar-refractivity contribution in [3.63, 3.8) is 0 Å². The van der Waals surface area contributed by atoms with Crippen molar-refractivity contribution >= 4 is 33.1 Å². The van der Waals surface area contributed by atoms with E-state index >= 15 is 0 Å². The lowest BCUT2D eigenvalue weighted by Gasteiger charge is -2.05. The normalized spacial score (nSPS) is 10.9. The summed E-state index contributed by atoms with van der Waals surface area (Å²) in [6.07, 6.45) is 1.91. The number of rotatable bonds is 4. The molecule has 25 heavy (non-hydrogen) atoms. The molecule has 4 aromatic rings. The Balaban J connectivity index is 1.50. The minimum Gasteiger partial charge on any atom is -0.326 e. The van der Waals surface area contributed by atoms with Crippen LogP contribution in [0.5, 0.6) is 0 Å². The van der Waals surface area contributed by atoms with Crippen molar-refractivity contribution in [2.45, 2.75) is 13.3 Å². The first-order valence-corrected chi connectivity index (χ1v) is 8.75. The van der Waals surface area contributed by atoms with Gasteiger partial charge in [-0.3, -0.25) is 9.89 Å². The molecule has 2 N–H and O–H groups in total. The number of aromatic amines is 1. The van der Waals surface area contributed by atoms with Gasteiger partial charge in [0.2, 0.25) is 5.91 Å². The molecule has 0 spiro atoms. The number of H-pyrrole nitrogens is 1. The molecular weight excluding hydrogens is 332 g/mol. The topological polar surface area (TPSA) is 70.7 Å². The fraction of sp³-hybridized carbons (Fsp3) is 0.105. The predicted molar refractivity (Wildman–Crippen MR) is 101 cm³/mol. The van der Waals surface area contributed by atoms with Crippen LogP contribution in [0.1, 0.15) is 11.3 Å². The van der Waals surface area contributed by atoms with Gasteiger partial charge in [0.25, 0.3) is 0 Å². The minimum absolute atomic E-state index is 0.0764. The summed E-state index contributed by atoms with van der Waals surface area (Å²) in [5.41, 5.74) is 4.86. The van der Waals surface area contributed by atoms with E-state index in [0.29, 0.717) is 0 Å². The van der Waals surface area contributed by atoms with E-state index < -0.39 is 0 Å². The van der Waals surface area contributed by atoms with Gasteiger partial charge in [0, 0.05) is 23.1 Å². The molecule has 2 aromatic carbocycles. The molecule has 5 nitrogen and oxygen atoms in total. The van der Waals surface area contributed by atoms with Crippen LogP contribution in [0.4, 0.5) is 5.69 Å². The first kappa shape index (κ1) is 15.5. The average Bonchev–Trinajstić information content (AvgIpc) is 3.24. The lowest BCUT2D eigenvalue weighted by Crippen LogP contribution is -2.14. The van der Waals surface area contributed by atoms with Crippen LogP contribution < -0.4 is 5.32 Å². The maximum absolute atomic E-state index is 12.0. The van der Waals surface area contributed by atoms with E-state index in [4.69, 9.17) is 0 Å². The number of nitrogens with one attached hydrogen (secondary N) is 2. The molecule has 0 fully saturated rings. The molecule has 0 unspecified atom stereocenters. The van der Waals surface area contributed by atoms with Crippen LogP contribution in [-0.4, -0.2) is 21.1 Å². The number of anilines is 1. The van der Waals surface area contributed by atoms with Crippen LogP contribution in [0, 0.1) is 6.92 Å². The average molecular weight is 348 g/mol. The van der Waals surface area contributed by atoms with Gasteiger partial charge in [0.15, 0.2) is 0 Å².